The minimum absolute atomic E-state index is 0.325. The fraction of sp³-hybridized carbons (Fsp3) is 0.188. The van der Waals surface area contributed by atoms with Gasteiger partial charge in [0.05, 0.1) is 13.2 Å². The van der Waals surface area contributed by atoms with E-state index in [1.165, 1.54) is 18.5 Å². The van der Waals surface area contributed by atoms with Gasteiger partial charge in [0.2, 0.25) is 5.82 Å². The van der Waals surface area contributed by atoms with Crippen LogP contribution in [-0.2, 0) is 0 Å². The van der Waals surface area contributed by atoms with Gasteiger partial charge in [0.25, 0.3) is 0 Å². The molecule has 2 rings (SSSR count). The van der Waals surface area contributed by atoms with Crippen molar-refractivity contribution in [2.24, 2.45) is 0 Å². The second kappa shape index (κ2) is 8.00. The molecule has 0 aliphatic heterocycles. The van der Waals surface area contributed by atoms with Crippen molar-refractivity contribution < 1.29 is 36.6 Å². The molecule has 2 aromatic carbocycles. The summed E-state index contributed by atoms with van der Waals surface area (Å²) in [7, 11) is 1.37. The second-order valence-corrected chi connectivity index (χ2v) is 5.04. The fourth-order valence-electron chi connectivity index (χ4n) is 2.11. The highest BCUT2D eigenvalue weighted by Gasteiger charge is 2.27. The predicted molar refractivity (Wildman–Crippen MR) is 81.2 cm³/mol. The molecule has 3 N–H and O–H groups in total. The van der Waals surface area contributed by atoms with Crippen LogP contribution in [0.2, 0.25) is 0 Å². The number of para-hydroxylation sites is 1. The summed E-state index contributed by atoms with van der Waals surface area (Å²) in [6.45, 7) is -0.415. The van der Waals surface area contributed by atoms with Crippen molar-refractivity contribution in [2.75, 3.05) is 19.0 Å². The van der Waals surface area contributed by atoms with E-state index >= 15 is 0 Å². The molecule has 0 fully saturated rings. The smallest absolute Gasteiger partial charge is 0.319 e. The van der Waals surface area contributed by atoms with Gasteiger partial charge >= 0.3 is 6.03 Å². The van der Waals surface area contributed by atoms with Gasteiger partial charge in [0.15, 0.2) is 23.3 Å². The number of aliphatic hydroxyl groups excluding tert-OH is 1. The molecule has 1 unspecified atom stereocenters. The number of rotatable bonds is 5. The monoisotopic (exact) mass is 376 g/mol. The Morgan fingerprint density at radius 3 is 2.15 bits per heavy atom. The molecule has 1 atom stereocenters. The summed E-state index contributed by atoms with van der Waals surface area (Å²) in [5.74, 6) is -10.7. The largest absolute Gasteiger partial charge is 0.496 e. The highest BCUT2D eigenvalue weighted by molar-refractivity contribution is 5.89. The Labute approximate surface area is 144 Å². The molecule has 10 heteroatoms. The summed E-state index contributed by atoms with van der Waals surface area (Å²) in [6, 6.07) is 5.07. The lowest BCUT2D eigenvalue weighted by molar-refractivity contribution is 0.171. The standard InChI is InChI=1S/C16H13F5N2O3/c1-26-9-5-3-2-4-7(9)8(24)6-22-16(25)23-15-13(20)11(18)10(17)12(19)14(15)21/h2-5,8,24H,6H2,1H3,(H2,22,23,25). The predicted octanol–water partition coefficient (Wildman–Crippen LogP) is 3.25. The molecule has 0 saturated carbocycles. The summed E-state index contributed by atoms with van der Waals surface area (Å²) in [6.07, 6.45) is -1.24. The van der Waals surface area contributed by atoms with E-state index in [0.29, 0.717) is 11.3 Å². The van der Waals surface area contributed by atoms with E-state index in [-0.39, 0.29) is 0 Å². The van der Waals surface area contributed by atoms with Gasteiger partial charge in [0, 0.05) is 12.1 Å². The van der Waals surface area contributed by atoms with E-state index in [1.54, 1.807) is 18.2 Å². The Kier molecular flexibility index (Phi) is 5.98. The third-order valence-electron chi connectivity index (χ3n) is 3.40. The van der Waals surface area contributed by atoms with Crippen LogP contribution in [0.15, 0.2) is 24.3 Å². The van der Waals surface area contributed by atoms with E-state index < -0.39 is 53.5 Å². The number of anilines is 1. The molecule has 0 heterocycles. The van der Waals surface area contributed by atoms with Gasteiger partial charge in [-0.3, -0.25) is 0 Å². The van der Waals surface area contributed by atoms with Crippen molar-refractivity contribution in [3.63, 3.8) is 0 Å². The lowest BCUT2D eigenvalue weighted by Crippen LogP contribution is -2.33. The van der Waals surface area contributed by atoms with Crippen LogP contribution in [0.5, 0.6) is 5.75 Å². The van der Waals surface area contributed by atoms with Gasteiger partial charge in [-0.1, -0.05) is 18.2 Å². The van der Waals surface area contributed by atoms with Crippen LogP contribution in [0, 0.1) is 29.1 Å². The summed E-state index contributed by atoms with van der Waals surface area (Å²) >= 11 is 0. The number of carbonyl (C=O) groups excluding carboxylic acids is 1. The van der Waals surface area contributed by atoms with Gasteiger partial charge in [-0.2, -0.15) is 0 Å². The molecule has 2 amide bonds. The first-order valence-electron chi connectivity index (χ1n) is 7.15. The molecule has 2 aromatic rings. The molecule has 0 aliphatic rings. The molecule has 0 radical (unpaired) electrons. The topological polar surface area (TPSA) is 70.6 Å². The van der Waals surface area contributed by atoms with Crippen molar-refractivity contribution in [1.82, 2.24) is 5.32 Å². The first kappa shape index (κ1) is 19.4. The number of hydrogen-bond acceptors (Lipinski definition) is 3. The number of ether oxygens (including phenoxy) is 1. The minimum Gasteiger partial charge on any atom is -0.496 e. The van der Waals surface area contributed by atoms with E-state index in [4.69, 9.17) is 4.74 Å². The maximum Gasteiger partial charge on any atom is 0.319 e. The van der Waals surface area contributed by atoms with Crippen molar-refractivity contribution in [3.05, 3.63) is 58.9 Å². The van der Waals surface area contributed by atoms with Gasteiger partial charge in [-0.15, -0.1) is 0 Å². The van der Waals surface area contributed by atoms with Gasteiger partial charge in [-0.05, 0) is 6.07 Å². The van der Waals surface area contributed by atoms with Crippen molar-refractivity contribution in [1.29, 1.82) is 0 Å². The quantitative estimate of drug-likeness (QED) is 0.426. The number of methoxy groups -OCH3 is 1. The summed E-state index contributed by atoms with van der Waals surface area (Å²) in [4.78, 5) is 11.7. The molecule has 0 spiro atoms. The zero-order valence-corrected chi connectivity index (χ0v) is 13.2. The first-order valence-corrected chi connectivity index (χ1v) is 7.15. The number of carbonyl (C=O) groups is 1. The van der Waals surface area contributed by atoms with E-state index in [0.717, 1.165) is 0 Å². The lowest BCUT2D eigenvalue weighted by atomic mass is 10.1. The highest BCUT2D eigenvalue weighted by atomic mass is 19.2. The van der Waals surface area contributed by atoms with Crippen LogP contribution in [0.25, 0.3) is 0 Å². The number of benzene rings is 2. The van der Waals surface area contributed by atoms with Crippen LogP contribution in [-0.4, -0.2) is 24.8 Å². The highest BCUT2D eigenvalue weighted by Crippen LogP contribution is 2.27. The van der Waals surface area contributed by atoms with Crippen LogP contribution >= 0.6 is 0 Å². The van der Waals surface area contributed by atoms with Gasteiger partial charge in [-0.25, -0.2) is 26.7 Å². The third-order valence-corrected chi connectivity index (χ3v) is 3.40. The van der Waals surface area contributed by atoms with Crippen molar-refractivity contribution in [3.8, 4) is 5.75 Å². The molecule has 26 heavy (non-hydrogen) atoms. The Morgan fingerprint density at radius 1 is 1.04 bits per heavy atom. The van der Waals surface area contributed by atoms with E-state index in [2.05, 4.69) is 5.32 Å². The Morgan fingerprint density at radius 2 is 1.58 bits per heavy atom. The van der Waals surface area contributed by atoms with Crippen molar-refractivity contribution >= 4 is 11.7 Å². The third kappa shape index (κ3) is 3.85. The van der Waals surface area contributed by atoms with Crippen LogP contribution < -0.4 is 15.4 Å². The summed E-state index contributed by atoms with van der Waals surface area (Å²) in [5.41, 5.74) is -1.17. The number of hydrogen-bond donors (Lipinski definition) is 3. The molecular formula is C16H13F5N2O3. The van der Waals surface area contributed by atoms with E-state index in [1.807, 2.05) is 0 Å². The number of urea groups is 1. The van der Waals surface area contributed by atoms with Crippen LogP contribution in [0.3, 0.4) is 0 Å². The molecule has 5 nitrogen and oxygen atoms in total. The molecule has 0 aliphatic carbocycles. The number of amides is 2. The molecule has 140 valence electrons. The lowest BCUT2D eigenvalue weighted by Gasteiger charge is -2.16. The minimum atomic E-state index is -2.34. The maximum atomic E-state index is 13.5. The van der Waals surface area contributed by atoms with Gasteiger partial charge < -0.3 is 20.5 Å². The SMILES string of the molecule is COc1ccccc1C(O)CNC(=O)Nc1c(F)c(F)c(F)c(F)c1F. The Hall–Kier alpha value is -2.88. The van der Waals surface area contributed by atoms with Crippen LogP contribution in [0.1, 0.15) is 11.7 Å². The summed E-state index contributed by atoms with van der Waals surface area (Å²) < 4.78 is 71.1. The fourth-order valence-corrected chi connectivity index (χ4v) is 2.11. The van der Waals surface area contributed by atoms with E-state index in [9.17, 15) is 31.9 Å². The summed E-state index contributed by atoms with van der Waals surface area (Å²) in [5, 5.41) is 13.6. The Balaban J connectivity index is 2.08. The number of nitrogens with one attached hydrogen (secondary N) is 2. The van der Waals surface area contributed by atoms with Gasteiger partial charge in [0.1, 0.15) is 11.4 Å². The normalized spacial score (nSPS) is 11.8. The van der Waals surface area contributed by atoms with Crippen LogP contribution in [0.4, 0.5) is 32.4 Å². The molecular weight excluding hydrogens is 363 g/mol. The average Bonchev–Trinajstić information content (AvgIpc) is 2.66. The number of aliphatic hydroxyl groups is 1. The first-order chi connectivity index (χ1) is 12.3. The zero-order valence-electron chi connectivity index (χ0n) is 13.2. The molecule has 0 bridgehead atoms. The average molecular weight is 376 g/mol. The number of halogens is 5. The molecule has 0 aromatic heterocycles. The van der Waals surface area contributed by atoms with Crippen molar-refractivity contribution in [2.45, 2.75) is 6.10 Å². The second-order valence-electron chi connectivity index (χ2n) is 5.04. The maximum absolute atomic E-state index is 13.5. The zero-order chi connectivity index (χ0) is 19.4. The molecule has 0 saturated heterocycles. The Bertz CT molecular complexity index is 803.